The minimum Gasteiger partial charge on any atom is -0.492 e. The molecule has 1 fully saturated rings. The lowest BCUT2D eigenvalue weighted by Crippen LogP contribution is -2.44. The van der Waals surface area contributed by atoms with Gasteiger partial charge in [-0.05, 0) is 37.0 Å². The van der Waals surface area contributed by atoms with E-state index in [0.717, 1.165) is 43.7 Å². The highest BCUT2D eigenvalue weighted by atomic mass is 16.5. The normalized spacial score (nSPS) is 23.4. The van der Waals surface area contributed by atoms with Crippen molar-refractivity contribution in [1.29, 1.82) is 0 Å². The number of likely N-dealkylation sites (tertiary alicyclic amines) is 1. The van der Waals surface area contributed by atoms with E-state index in [9.17, 15) is 4.79 Å². The zero-order valence-electron chi connectivity index (χ0n) is 13.1. The van der Waals surface area contributed by atoms with E-state index in [-0.39, 0.29) is 17.9 Å². The predicted molar refractivity (Wildman–Crippen MR) is 86.1 cm³/mol. The Kier molecular flexibility index (Phi) is 3.77. The van der Waals surface area contributed by atoms with Gasteiger partial charge >= 0.3 is 0 Å². The molecule has 1 saturated heterocycles. The van der Waals surface area contributed by atoms with Gasteiger partial charge in [-0.15, -0.1) is 0 Å². The lowest BCUT2D eigenvalue weighted by Gasteiger charge is -2.31. The van der Waals surface area contributed by atoms with Gasteiger partial charge in [0.25, 0.3) is 0 Å². The quantitative estimate of drug-likeness (QED) is 0.872. The van der Waals surface area contributed by atoms with Crippen molar-refractivity contribution in [3.05, 3.63) is 48.3 Å². The van der Waals surface area contributed by atoms with E-state index in [0.29, 0.717) is 6.61 Å². The maximum absolute atomic E-state index is 13.0. The molecule has 5 nitrogen and oxygen atoms in total. The number of ether oxygens (including phenoxy) is 1. The summed E-state index contributed by atoms with van der Waals surface area (Å²) < 4.78 is 7.71. The molecule has 5 heteroatoms. The Morgan fingerprint density at radius 2 is 2.22 bits per heavy atom. The predicted octanol–water partition coefficient (Wildman–Crippen LogP) is 2.13. The fourth-order valence-corrected chi connectivity index (χ4v) is 3.66. The van der Waals surface area contributed by atoms with Crippen LogP contribution in [0.25, 0.3) is 0 Å². The second-order valence-corrected chi connectivity index (χ2v) is 6.38. The van der Waals surface area contributed by atoms with Crippen molar-refractivity contribution in [3.63, 3.8) is 0 Å². The number of carbonyl (C=O) groups excluding carboxylic acids is 1. The zero-order valence-corrected chi connectivity index (χ0v) is 13.1. The summed E-state index contributed by atoms with van der Waals surface area (Å²) in [6.45, 7) is 2.12. The number of nitrogens with zero attached hydrogens (tertiary/aromatic N) is 3. The monoisotopic (exact) mass is 311 g/mol. The summed E-state index contributed by atoms with van der Waals surface area (Å²) in [5.41, 5.74) is 1.14. The van der Waals surface area contributed by atoms with E-state index in [4.69, 9.17) is 4.74 Å². The number of amides is 1. The highest BCUT2D eigenvalue weighted by molar-refractivity contribution is 5.80. The molecule has 23 heavy (non-hydrogen) atoms. The molecule has 0 aliphatic carbocycles. The summed E-state index contributed by atoms with van der Waals surface area (Å²) in [4.78, 5) is 15.0. The second-order valence-electron chi connectivity index (χ2n) is 6.38. The molecule has 2 aliphatic heterocycles. The third-order valence-electron chi connectivity index (χ3n) is 4.85. The van der Waals surface area contributed by atoms with Crippen molar-refractivity contribution >= 4 is 5.91 Å². The number of fused-ring (bicyclic) bond motifs is 1. The van der Waals surface area contributed by atoms with Crippen LogP contribution in [0, 0.1) is 5.92 Å². The lowest BCUT2D eigenvalue weighted by atomic mass is 9.95. The fourth-order valence-electron chi connectivity index (χ4n) is 3.66. The number of hydrogen-bond acceptors (Lipinski definition) is 3. The molecule has 0 spiro atoms. The van der Waals surface area contributed by atoms with Gasteiger partial charge in [-0.2, -0.15) is 5.10 Å². The smallest absolute Gasteiger partial charge is 0.229 e. The van der Waals surface area contributed by atoms with Gasteiger partial charge in [-0.3, -0.25) is 9.48 Å². The van der Waals surface area contributed by atoms with Gasteiger partial charge in [0.1, 0.15) is 12.4 Å². The average Bonchev–Trinajstić information content (AvgIpc) is 3.26. The van der Waals surface area contributed by atoms with E-state index in [1.807, 2.05) is 40.0 Å². The minimum atomic E-state index is -0.0666. The number of hydrogen-bond donors (Lipinski definition) is 0. The molecule has 0 saturated carbocycles. The van der Waals surface area contributed by atoms with E-state index in [1.165, 1.54) is 0 Å². The van der Waals surface area contributed by atoms with Crippen LogP contribution in [0.5, 0.6) is 5.75 Å². The Balaban J connectivity index is 1.46. The second kappa shape index (κ2) is 6.07. The molecule has 0 N–H and O–H groups in total. The van der Waals surface area contributed by atoms with Crippen LogP contribution in [0.4, 0.5) is 0 Å². The molecule has 2 aromatic rings. The van der Waals surface area contributed by atoms with E-state index in [2.05, 4.69) is 11.2 Å². The summed E-state index contributed by atoms with van der Waals surface area (Å²) in [5.74, 6) is 1.09. The Bertz CT molecular complexity index is 683. The van der Waals surface area contributed by atoms with Crippen LogP contribution in [0.3, 0.4) is 0 Å². The number of benzene rings is 1. The SMILES string of the molecule is O=C([C@H]1COc2ccccc2C1)N1CCC[C@@H]1Cn1cccn1. The van der Waals surface area contributed by atoms with Gasteiger partial charge in [-0.25, -0.2) is 0 Å². The molecule has 2 aliphatic rings. The summed E-state index contributed by atoms with van der Waals surface area (Å²) in [7, 11) is 0. The van der Waals surface area contributed by atoms with Gasteiger partial charge in [-0.1, -0.05) is 18.2 Å². The fraction of sp³-hybridized carbons (Fsp3) is 0.444. The number of aromatic nitrogens is 2. The highest BCUT2D eigenvalue weighted by Crippen LogP contribution is 2.29. The third-order valence-corrected chi connectivity index (χ3v) is 4.85. The van der Waals surface area contributed by atoms with Crippen LogP contribution < -0.4 is 4.74 Å². The molecule has 1 amide bonds. The van der Waals surface area contributed by atoms with Crippen molar-refractivity contribution in [2.75, 3.05) is 13.2 Å². The van der Waals surface area contributed by atoms with Crippen LogP contribution in [0.15, 0.2) is 42.7 Å². The van der Waals surface area contributed by atoms with Gasteiger partial charge in [0.05, 0.1) is 18.5 Å². The third kappa shape index (κ3) is 2.83. The maximum Gasteiger partial charge on any atom is 0.229 e. The molecule has 0 radical (unpaired) electrons. The van der Waals surface area contributed by atoms with Crippen molar-refractivity contribution in [3.8, 4) is 5.75 Å². The minimum absolute atomic E-state index is 0.0666. The van der Waals surface area contributed by atoms with Crippen LogP contribution in [0.1, 0.15) is 18.4 Å². The van der Waals surface area contributed by atoms with Gasteiger partial charge < -0.3 is 9.64 Å². The molecule has 1 aromatic heterocycles. The number of carbonyl (C=O) groups is 1. The van der Waals surface area contributed by atoms with E-state index < -0.39 is 0 Å². The standard InChI is InChI=1S/C18H21N3O2/c22-18(15-11-14-5-1-2-7-17(14)23-13-15)21-10-3-6-16(21)12-20-9-4-8-19-20/h1-2,4-5,7-9,15-16H,3,6,10-13H2/t15-,16-/m1/s1. The van der Waals surface area contributed by atoms with Gasteiger partial charge in [0, 0.05) is 18.9 Å². The van der Waals surface area contributed by atoms with Crippen LogP contribution in [0.2, 0.25) is 0 Å². The van der Waals surface area contributed by atoms with Crippen molar-refractivity contribution in [2.24, 2.45) is 5.92 Å². The number of para-hydroxylation sites is 1. The van der Waals surface area contributed by atoms with E-state index >= 15 is 0 Å². The van der Waals surface area contributed by atoms with Crippen molar-refractivity contribution in [1.82, 2.24) is 14.7 Å². The molecule has 120 valence electrons. The van der Waals surface area contributed by atoms with Crippen LogP contribution >= 0.6 is 0 Å². The van der Waals surface area contributed by atoms with Crippen LogP contribution in [-0.4, -0.2) is 39.8 Å². The molecule has 1 aromatic carbocycles. The summed E-state index contributed by atoms with van der Waals surface area (Å²) in [6, 6.07) is 10.2. The summed E-state index contributed by atoms with van der Waals surface area (Å²) in [5, 5.41) is 4.27. The van der Waals surface area contributed by atoms with Crippen molar-refractivity contribution < 1.29 is 9.53 Å². The first-order valence-corrected chi connectivity index (χ1v) is 8.30. The lowest BCUT2D eigenvalue weighted by molar-refractivity contribution is -0.138. The zero-order chi connectivity index (χ0) is 15.6. The maximum atomic E-state index is 13.0. The first-order valence-electron chi connectivity index (χ1n) is 8.30. The molecular formula is C18H21N3O2. The summed E-state index contributed by atoms with van der Waals surface area (Å²) >= 11 is 0. The first kappa shape index (κ1) is 14.3. The Morgan fingerprint density at radius 3 is 3.09 bits per heavy atom. The largest absolute Gasteiger partial charge is 0.492 e. The Labute approximate surface area is 135 Å². The topological polar surface area (TPSA) is 47.4 Å². The van der Waals surface area contributed by atoms with Crippen molar-refractivity contribution in [2.45, 2.75) is 31.8 Å². The molecule has 3 heterocycles. The van der Waals surface area contributed by atoms with Gasteiger partial charge in [0.2, 0.25) is 5.91 Å². The molecular weight excluding hydrogens is 290 g/mol. The van der Waals surface area contributed by atoms with Crippen LogP contribution in [-0.2, 0) is 17.8 Å². The summed E-state index contributed by atoms with van der Waals surface area (Å²) in [6.07, 6.45) is 6.64. The molecule has 0 bridgehead atoms. The Hall–Kier alpha value is -2.30. The first-order chi connectivity index (χ1) is 11.3. The van der Waals surface area contributed by atoms with Gasteiger partial charge in [0.15, 0.2) is 0 Å². The molecule has 2 atom stereocenters. The number of rotatable bonds is 3. The molecule has 0 unspecified atom stereocenters. The van der Waals surface area contributed by atoms with E-state index in [1.54, 1.807) is 6.20 Å². The average molecular weight is 311 g/mol. The Morgan fingerprint density at radius 1 is 1.30 bits per heavy atom. The highest BCUT2D eigenvalue weighted by Gasteiger charge is 2.35. The molecule has 4 rings (SSSR count).